The molecule has 126 valence electrons. The molecule has 0 aromatic carbocycles. The van der Waals surface area contributed by atoms with Crippen molar-refractivity contribution in [3.05, 3.63) is 23.3 Å². The summed E-state index contributed by atoms with van der Waals surface area (Å²) in [5.74, 6) is 1.04. The quantitative estimate of drug-likeness (QED) is 0.747. The SMILES string of the molecule is C=C(C)C1CCC(C)(O)C(C2=C(C)CCC(C(C)(C)O)C2)C1. The van der Waals surface area contributed by atoms with Crippen LogP contribution in [0.3, 0.4) is 0 Å². The molecule has 0 heterocycles. The van der Waals surface area contributed by atoms with E-state index in [4.69, 9.17) is 0 Å². The van der Waals surface area contributed by atoms with E-state index >= 15 is 0 Å². The van der Waals surface area contributed by atoms with Gasteiger partial charge in [0, 0.05) is 5.92 Å². The van der Waals surface area contributed by atoms with Gasteiger partial charge in [0.1, 0.15) is 0 Å². The lowest BCUT2D eigenvalue weighted by molar-refractivity contribution is -0.0361. The van der Waals surface area contributed by atoms with Crippen LogP contribution in [0.5, 0.6) is 0 Å². The van der Waals surface area contributed by atoms with E-state index < -0.39 is 11.2 Å². The molecule has 0 spiro atoms. The van der Waals surface area contributed by atoms with Crippen LogP contribution in [0, 0.1) is 17.8 Å². The van der Waals surface area contributed by atoms with Crippen LogP contribution in [0.15, 0.2) is 23.3 Å². The maximum absolute atomic E-state index is 11.0. The lowest BCUT2D eigenvalue weighted by Gasteiger charge is -2.46. The number of hydrogen-bond acceptors (Lipinski definition) is 2. The second-order valence-electron chi connectivity index (χ2n) is 8.63. The second kappa shape index (κ2) is 6.13. The van der Waals surface area contributed by atoms with Crippen molar-refractivity contribution in [3.8, 4) is 0 Å². The van der Waals surface area contributed by atoms with Crippen molar-refractivity contribution in [2.75, 3.05) is 0 Å². The van der Waals surface area contributed by atoms with E-state index in [9.17, 15) is 10.2 Å². The molecule has 0 bridgehead atoms. The van der Waals surface area contributed by atoms with E-state index in [1.807, 2.05) is 20.8 Å². The molecule has 4 unspecified atom stereocenters. The smallest absolute Gasteiger partial charge is 0.0685 e. The fourth-order valence-corrected chi connectivity index (χ4v) is 4.40. The average Bonchev–Trinajstić information content (AvgIpc) is 2.37. The van der Waals surface area contributed by atoms with Crippen LogP contribution in [0.25, 0.3) is 0 Å². The van der Waals surface area contributed by atoms with E-state index in [-0.39, 0.29) is 5.92 Å². The van der Waals surface area contributed by atoms with Crippen LogP contribution in [-0.4, -0.2) is 21.4 Å². The highest BCUT2D eigenvalue weighted by molar-refractivity contribution is 5.24. The van der Waals surface area contributed by atoms with Gasteiger partial charge in [0.25, 0.3) is 0 Å². The summed E-state index contributed by atoms with van der Waals surface area (Å²) in [7, 11) is 0. The number of allylic oxidation sites excluding steroid dienone is 2. The molecular weight excluding hydrogens is 272 g/mol. The van der Waals surface area contributed by atoms with Gasteiger partial charge in [-0.15, -0.1) is 0 Å². The molecule has 0 aromatic rings. The standard InChI is InChI=1S/C20H34O2/c1-13(2)15-9-10-20(6,22)18(11-15)17-12-16(19(4,5)21)8-7-14(17)3/h15-16,18,21-22H,1,7-12H2,2-6H3. The van der Waals surface area contributed by atoms with Gasteiger partial charge in [0.2, 0.25) is 0 Å². The highest BCUT2D eigenvalue weighted by Crippen LogP contribution is 2.48. The van der Waals surface area contributed by atoms with Crippen molar-refractivity contribution in [1.82, 2.24) is 0 Å². The molecule has 22 heavy (non-hydrogen) atoms. The minimum atomic E-state index is -0.639. The Hall–Kier alpha value is -0.600. The zero-order chi connectivity index (χ0) is 16.7. The van der Waals surface area contributed by atoms with Crippen LogP contribution < -0.4 is 0 Å². The lowest BCUT2D eigenvalue weighted by Crippen LogP contribution is -2.43. The third-order valence-electron chi connectivity index (χ3n) is 6.27. The Morgan fingerprint density at radius 3 is 2.50 bits per heavy atom. The Labute approximate surface area is 136 Å². The highest BCUT2D eigenvalue weighted by atomic mass is 16.3. The summed E-state index contributed by atoms with van der Waals surface area (Å²) in [6.07, 6.45) is 5.93. The summed E-state index contributed by atoms with van der Waals surface area (Å²) in [6, 6.07) is 0. The van der Waals surface area contributed by atoms with Gasteiger partial charge in [0.15, 0.2) is 0 Å². The first-order chi connectivity index (χ1) is 10.0. The summed E-state index contributed by atoms with van der Waals surface area (Å²) < 4.78 is 0. The zero-order valence-corrected chi connectivity index (χ0v) is 15.1. The molecule has 2 heteroatoms. The maximum Gasteiger partial charge on any atom is 0.0685 e. The van der Waals surface area contributed by atoms with E-state index in [0.29, 0.717) is 11.8 Å². The molecule has 0 saturated heterocycles. The minimum Gasteiger partial charge on any atom is -0.390 e. The van der Waals surface area contributed by atoms with E-state index in [2.05, 4.69) is 20.4 Å². The van der Waals surface area contributed by atoms with E-state index in [0.717, 1.165) is 38.5 Å². The van der Waals surface area contributed by atoms with E-state index in [1.165, 1.54) is 16.7 Å². The molecule has 1 saturated carbocycles. The van der Waals surface area contributed by atoms with Crippen LogP contribution in [-0.2, 0) is 0 Å². The van der Waals surface area contributed by atoms with Gasteiger partial charge < -0.3 is 10.2 Å². The normalized spacial score (nSPS) is 37.3. The molecule has 2 nitrogen and oxygen atoms in total. The van der Waals surface area contributed by atoms with Gasteiger partial charge in [-0.25, -0.2) is 0 Å². The molecule has 0 aromatic heterocycles. The molecule has 1 fully saturated rings. The van der Waals surface area contributed by atoms with Crippen LogP contribution in [0.1, 0.15) is 73.1 Å². The number of rotatable bonds is 3. The van der Waals surface area contributed by atoms with Gasteiger partial charge in [-0.2, -0.15) is 0 Å². The first-order valence-corrected chi connectivity index (χ1v) is 8.81. The van der Waals surface area contributed by atoms with Crippen LogP contribution in [0.4, 0.5) is 0 Å². The monoisotopic (exact) mass is 306 g/mol. The number of hydrogen-bond donors (Lipinski definition) is 2. The average molecular weight is 306 g/mol. The third kappa shape index (κ3) is 3.65. The van der Waals surface area contributed by atoms with Gasteiger partial charge >= 0.3 is 0 Å². The molecule has 0 aliphatic heterocycles. The molecular formula is C20H34O2. The molecule has 0 amide bonds. The Kier molecular flexibility index (Phi) is 4.94. The largest absolute Gasteiger partial charge is 0.390 e. The fraction of sp³-hybridized carbons (Fsp3) is 0.800. The van der Waals surface area contributed by atoms with Crippen molar-refractivity contribution >= 4 is 0 Å². The highest BCUT2D eigenvalue weighted by Gasteiger charge is 2.43. The molecule has 0 radical (unpaired) electrons. The Balaban J connectivity index is 2.27. The number of aliphatic hydroxyl groups is 2. The minimum absolute atomic E-state index is 0.216. The molecule has 2 aliphatic rings. The van der Waals surface area contributed by atoms with Gasteiger partial charge in [-0.1, -0.05) is 23.3 Å². The van der Waals surface area contributed by atoms with Gasteiger partial charge in [-0.05, 0) is 85.0 Å². The van der Waals surface area contributed by atoms with Gasteiger partial charge in [-0.3, -0.25) is 0 Å². The van der Waals surface area contributed by atoms with Crippen molar-refractivity contribution in [2.24, 2.45) is 17.8 Å². The van der Waals surface area contributed by atoms with Crippen LogP contribution in [0.2, 0.25) is 0 Å². The second-order valence-corrected chi connectivity index (χ2v) is 8.63. The summed E-state index contributed by atoms with van der Waals surface area (Å²) in [5, 5.41) is 21.4. The molecule has 2 aliphatic carbocycles. The fourth-order valence-electron chi connectivity index (χ4n) is 4.40. The summed E-state index contributed by atoms with van der Waals surface area (Å²) >= 11 is 0. The Morgan fingerprint density at radius 2 is 1.95 bits per heavy atom. The van der Waals surface area contributed by atoms with E-state index in [1.54, 1.807) is 0 Å². The zero-order valence-electron chi connectivity index (χ0n) is 15.1. The topological polar surface area (TPSA) is 40.5 Å². The Morgan fingerprint density at radius 1 is 1.32 bits per heavy atom. The predicted molar refractivity (Wildman–Crippen MR) is 92.6 cm³/mol. The molecule has 2 N–H and O–H groups in total. The predicted octanol–water partition coefficient (Wildman–Crippen LogP) is 4.62. The first kappa shape index (κ1) is 17.7. The van der Waals surface area contributed by atoms with Crippen molar-refractivity contribution in [1.29, 1.82) is 0 Å². The lowest BCUT2D eigenvalue weighted by atomic mass is 9.63. The summed E-state index contributed by atoms with van der Waals surface area (Å²) in [5.41, 5.74) is 2.83. The molecule has 4 atom stereocenters. The summed E-state index contributed by atoms with van der Waals surface area (Å²) in [6.45, 7) is 14.3. The van der Waals surface area contributed by atoms with Crippen molar-refractivity contribution in [2.45, 2.75) is 84.3 Å². The van der Waals surface area contributed by atoms with Crippen molar-refractivity contribution in [3.63, 3.8) is 0 Å². The van der Waals surface area contributed by atoms with Gasteiger partial charge in [0.05, 0.1) is 11.2 Å². The Bertz CT molecular complexity index is 465. The summed E-state index contributed by atoms with van der Waals surface area (Å²) in [4.78, 5) is 0. The van der Waals surface area contributed by atoms with Crippen LogP contribution >= 0.6 is 0 Å². The maximum atomic E-state index is 11.0. The molecule has 2 rings (SSSR count). The first-order valence-electron chi connectivity index (χ1n) is 8.81. The third-order valence-corrected chi connectivity index (χ3v) is 6.27. The van der Waals surface area contributed by atoms with Crippen molar-refractivity contribution < 1.29 is 10.2 Å².